The maximum absolute atomic E-state index is 11.5. The first-order valence-corrected chi connectivity index (χ1v) is 7.24. The normalized spacial score (nSPS) is 11.2. The van der Waals surface area contributed by atoms with Crippen LogP contribution in [0.3, 0.4) is 0 Å². The summed E-state index contributed by atoms with van der Waals surface area (Å²) in [6, 6.07) is 3.97. The van der Waals surface area contributed by atoms with Gasteiger partial charge in [-0.1, -0.05) is 6.92 Å². The summed E-state index contributed by atoms with van der Waals surface area (Å²) < 4.78 is 25.5. The molecule has 0 aliphatic heterocycles. The van der Waals surface area contributed by atoms with Gasteiger partial charge in [-0.15, -0.1) is 0 Å². The first-order chi connectivity index (χ1) is 7.85. The fraction of sp³-hybridized carbons (Fsp3) is 0.333. The van der Waals surface area contributed by atoms with E-state index in [1.54, 1.807) is 6.92 Å². The molecule has 0 saturated carbocycles. The molecule has 0 amide bonds. The fourth-order valence-corrected chi connectivity index (χ4v) is 2.87. The Bertz CT molecular complexity index is 530. The molecule has 17 heavy (non-hydrogen) atoms. The molecule has 0 saturated heterocycles. The molecular weight excluding hydrogens is 312 g/mol. The molecule has 0 aromatic heterocycles. The molecule has 8 heteroatoms. The summed E-state index contributed by atoms with van der Waals surface area (Å²) in [6.07, 6.45) is 0.503. The number of nitro benzene ring substituents is 1. The first-order valence-electron chi connectivity index (χ1n) is 4.80. The standard InChI is InChI=1S/C9H11BrN2O4S/c1-2-5-17(15,16)11-7-3-4-9(12(13)14)8(10)6-7/h3-4,6,11H,2,5H2,1H3. The van der Waals surface area contributed by atoms with Gasteiger partial charge < -0.3 is 0 Å². The van der Waals surface area contributed by atoms with Crippen molar-refractivity contribution in [2.75, 3.05) is 10.5 Å². The van der Waals surface area contributed by atoms with E-state index in [2.05, 4.69) is 20.7 Å². The van der Waals surface area contributed by atoms with Gasteiger partial charge in [-0.05, 0) is 34.5 Å². The smallest absolute Gasteiger partial charge is 0.283 e. The van der Waals surface area contributed by atoms with Crippen LogP contribution in [0.4, 0.5) is 11.4 Å². The molecule has 1 aromatic carbocycles. The number of rotatable bonds is 5. The van der Waals surface area contributed by atoms with Crippen molar-refractivity contribution in [3.05, 3.63) is 32.8 Å². The summed E-state index contributed by atoms with van der Waals surface area (Å²) >= 11 is 3.02. The zero-order chi connectivity index (χ0) is 13.1. The number of hydrogen-bond acceptors (Lipinski definition) is 4. The van der Waals surface area contributed by atoms with Crippen LogP contribution in [-0.2, 0) is 10.0 Å². The molecule has 94 valence electrons. The highest BCUT2D eigenvalue weighted by atomic mass is 79.9. The Balaban J connectivity index is 2.96. The van der Waals surface area contributed by atoms with Crippen LogP contribution in [-0.4, -0.2) is 19.1 Å². The molecule has 0 bridgehead atoms. The number of halogens is 1. The van der Waals surface area contributed by atoms with Crippen molar-refractivity contribution in [1.82, 2.24) is 0 Å². The van der Waals surface area contributed by atoms with E-state index in [-0.39, 0.29) is 15.9 Å². The van der Waals surface area contributed by atoms with E-state index in [1.807, 2.05) is 0 Å². The minimum absolute atomic E-state index is 0.0155. The Labute approximate surface area is 107 Å². The highest BCUT2D eigenvalue weighted by Gasteiger charge is 2.14. The van der Waals surface area contributed by atoms with E-state index < -0.39 is 14.9 Å². The monoisotopic (exact) mass is 322 g/mol. The Kier molecular flexibility index (Phi) is 4.47. The van der Waals surface area contributed by atoms with Crippen LogP contribution in [0.15, 0.2) is 22.7 Å². The van der Waals surface area contributed by atoms with Gasteiger partial charge in [0.25, 0.3) is 5.69 Å². The molecule has 0 atom stereocenters. The third-order valence-electron chi connectivity index (χ3n) is 1.89. The number of sulfonamides is 1. The zero-order valence-electron chi connectivity index (χ0n) is 9.01. The van der Waals surface area contributed by atoms with Crippen molar-refractivity contribution in [1.29, 1.82) is 0 Å². The molecule has 0 radical (unpaired) electrons. The van der Waals surface area contributed by atoms with Crippen LogP contribution in [0.2, 0.25) is 0 Å². The molecule has 0 unspecified atom stereocenters. The van der Waals surface area contributed by atoms with Crippen molar-refractivity contribution in [3.63, 3.8) is 0 Å². The van der Waals surface area contributed by atoms with Crippen molar-refractivity contribution in [2.24, 2.45) is 0 Å². The number of hydrogen-bond donors (Lipinski definition) is 1. The number of nitrogens with zero attached hydrogens (tertiary/aromatic N) is 1. The summed E-state index contributed by atoms with van der Waals surface area (Å²) in [4.78, 5) is 10.0. The third-order valence-corrected chi connectivity index (χ3v) is 4.02. The molecule has 1 rings (SSSR count). The molecule has 1 N–H and O–H groups in total. The molecule has 1 aromatic rings. The van der Waals surface area contributed by atoms with E-state index in [0.717, 1.165) is 0 Å². The summed E-state index contributed by atoms with van der Waals surface area (Å²) in [6.45, 7) is 1.75. The van der Waals surface area contributed by atoms with Crippen molar-refractivity contribution in [2.45, 2.75) is 13.3 Å². The molecule has 0 aliphatic rings. The lowest BCUT2D eigenvalue weighted by atomic mass is 10.3. The summed E-state index contributed by atoms with van der Waals surface area (Å²) in [7, 11) is -3.38. The van der Waals surface area contributed by atoms with Gasteiger partial charge in [0.05, 0.1) is 20.8 Å². The van der Waals surface area contributed by atoms with E-state index in [4.69, 9.17) is 0 Å². The van der Waals surface area contributed by atoms with Crippen LogP contribution < -0.4 is 4.72 Å². The lowest BCUT2D eigenvalue weighted by Gasteiger charge is -2.07. The molecule has 0 fully saturated rings. The first kappa shape index (κ1) is 13.9. The number of benzene rings is 1. The highest BCUT2D eigenvalue weighted by Crippen LogP contribution is 2.28. The van der Waals surface area contributed by atoms with Gasteiger partial charge in [0.1, 0.15) is 0 Å². The van der Waals surface area contributed by atoms with E-state index in [1.165, 1.54) is 18.2 Å². The summed E-state index contributed by atoms with van der Waals surface area (Å²) in [5, 5.41) is 10.6. The molecule has 0 spiro atoms. The Morgan fingerprint density at radius 2 is 2.12 bits per heavy atom. The SMILES string of the molecule is CCCS(=O)(=O)Nc1ccc([N+](=O)[O-])c(Br)c1. The second-order valence-electron chi connectivity index (χ2n) is 3.34. The lowest BCUT2D eigenvalue weighted by Crippen LogP contribution is -2.16. The molecular formula is C9H11BrN2O4S. The van der Waals surface area contributed by atoms with Crippen molar-refractivity contribution in [3.8, 4) is 0 Å². The van der Waals surface area contributed by atoms with Gasteiger partial charge >= 0.3 is 0 Å². The zero-order valence-corrected chi connectivity index (χ0v) is 11.4. The van der Waals surface area contributed by atoms with Gasteiger partial charge in [0.2, 0.25) is 10.0 Å². The summed E-state index contributed by atoms with van der Waals surface area (Å²) in [5.41, 5.74) is 0.194. The molecule has 0 aliphatic carbocycles. The second-order valence-corrected chi connectivity index (χ2v) is 6.04. The second kappa shape index (κ2) is 5.46. The van der Waals surface area contributed by atoms with Crippen molar-refractivity contribution < 1.29 is 13.3 Å². The maximum atomic E-state index is 11.5. The van der Waals surface area contributed by atoms with E-state index >= 15 is 0 Å². The van der Waals surface area contributed by atoms with E-state index in [0.29, 0.717) is 12.1 Å². The third kappa shape index (κ3) is 3.97. The fourth-order valence-electron chi connectivity index (χ4n) is 1.22. The minimum Gasteiger partial charge on any atom is -0.284 e. The largest absolute Gasteiger partial charge is 0.284 e. The predicted molar refractivity (Wildman–Crippen MR) is 68.5 cm³/mol. The van der Waals surface area contributed by atoms with Gasteiger partial charge in [0.15, 0.2) is 0 Å². The van der Waals surface area contributed by atoms with Gasteiger partial charge in [-0.2, -0.15) is 0 Å². The lowest BCUT2D eigenvalue weighted by molar-refractivity contribution is -0.385. The van der Waals surface area contributed by atoms with Crippen LogP contribution in [0, 0.1) is 10.1 Å². The predicted octanol–water partition coefficient (Wildman–Crippen LogP) is 2.51. The number of nitro groups is 1. The van der Waals surface area contributed by atoms with Crippen LogP contribution in [0.25, 0.3) is 0 Å². The van der Waals surface area contributed by atoms with Crippen LogP contribution in [0.1, 0.15) is 13.3 Å². The van der Waals surface area contributed by atoms with Crippen molar-refractivity contribution >= 4 is 37.3 Å². The number of anilines is 1. The van der Waals surface area contributed by atoms with Gasteiger partial charge in [-0.3, -0.25) is 14.8 Å². The number of nitrogens with one attached hydrogen (secondary N) is 1. The van der Waals surface area contributed by atoms with E-state index in [9.17, 15) is 18.5 Å². The Morgan fingerprint density at radius 1 is 1.47 bits per heavy atom. The Morgan fingerprint density at radius 3 is 2.59 bits per heavy atom. The highest BCUT2D eigenvalue weighted by molar-refractivity contribution is 9.10. The van der Waals surface area contributed by atoms with Crippen LogP contribution in [0.5, 0.6) is 0 Å². The quantitative estimate of drug-likeness (QED) is 0.666. The average Bonchev–Trinajstić information content (AvgIpc) is 2.15. The van der Waals surface area contributed by atoms with Gasteiger partial charge in [0, 0.05) is 6.07 Å². The topological polar surface area (TPSA) is 89.3 Å². The Hall–Kier alpha value is -1.15. The minimum atomic E-state index is -3.38. The molecule has 0 heterocycles. The molecule has 6 nitrogen and oxygen atoms in total. The van der Waals surface area contributed by atoms with Crippen LogP contribution >= 0.6 is 15.9 Å². The van der Waals surface area contributed by atoms with Gasteiger partial charge in [-0.25, -0.2) is 8.42 Å². The average molecular weight is 323 g/mol. The maximum Gasteiger partial charge on any atom is 0.283 e. The summed E-state index contributed by atoms with van der Waals surface area (Å²) in [5.74, 6) is 0.0155.